The number of aromatic amines is 1. The topological polar surface area (TPSA) is 92.9 Å². The Morgan fingerprint density at radius 2 is 1.79 bits per heavy atom. The predicted octanol–water partition coefficient (Wildman–Crippen LogP) is 4.97. The number of carbonyl (C=O) groups is 1. The van der Waals surface area contributed by atoms with Gasteiger partial charge in [-0.05, 0) is 50.1 Å². The highest BCUT2D eigenvalue weighted by Crippen LogP contribution is 2.32. The molecule has 5 aromatic rings. The minimum Gasteiger partial charge on any atom is -0.481 e. The molecule has 2 N–H and O–H groups in total. The number of carboxylic acids is 1. The molecule has 5 rings (SSSR count). The smallest absolute Gasteiger partial charge is 0.331 e. The van der Waals surface area contributed by atoms with Crippen molar-refractivity contribution < 1.29 is 9.90 Å². The van der Waals surface area contributed by atoms with E-state index in [-0.39, 0.29) is 18.2 Å². The molecule has 34 heavy (non-hydrogen) atoms. The Bertz CT molecular complexity index is 1580. The highest BCUT2D eigenvalue weighted by Gasteiger charge is 2.28. The number of H-pyrrole nitrogens is 1. The quantitative estimate of drug-likeness (QED) is 0.379. The van der Waals surface area contributed by atoms with Gasteiger partial charge in [-0.3, -0.25) is 13.9 Å². The van der Waals surface area contributed by atoms with Gasteiger partial charge in [-0.1, -0.05) is 42.5 Å². The molecular formula is C27H26N4O3. The van der Waals surface area contributed by atoms with Gasteiger partial charge in [0.25, 0.3) is 0 Å². The van der Waals surface area contributed by atoms with Gasteiger partial charge in [0.05, 0.1) is 24.0 Å². The molecule has 0 radical (unpaired) electrons. The van der Waals surface area contributed by atoms with E-state index in [1.54, 1.807) is 9.13 Å². The summed E-state index contributed by atoms with van der Waals surface area (Å²) in [6.07, 6.45) is 1.73. The van der Waals surface area contributed by atoms with Crippen molar-refractivity contribution in [2.75, 3.05) is 0 Å². The third kappa shape index (κ3) is 3.50. The van der Waals surface area contributed by atoms with Crippen LogP contribution in [0.15, 0.2) is 71.7 Å². The van der Waals surface area contributed by atoms with Crippen LogP contribution in [-0.2, 0) is 4.79 Å². The van der Waals surface area contributed by atoms with E-state index in [0.717, 1.165) is 33.3 Å². The molecule has 0 fully saturated rings. The molecule has 0 amide bonds. The Hall–Kier alpha value is -4.13. The van der Waals surface area contributed by atoms with Crippen LogP contribution in [0, 0.1) is 13.8 Å². The fraction of sp³-hybridized carbons (Fsp3) is 0.222. The number of benzene rings is 2. The first kappa shape index (κ1) is 21.7. The van der Waals surface area contributed by atoms with Crippen LogP contribution in [0.4, 0.5) is 0 Å². The van der Waals surface area contributed by atoms with E-state index in [9.17, 15) is 14.7 Å². The van der Waals surface area contributed by atoms with Crippen LogP contribution < -0.4 is 5.69 Å². The molecular weight excluding hydrogens is 428 g/mol. The van der Waals surface area contributed by atoms with Crippen LogP contribution in [-0.4, -0.2) is 30.2 Å². The molecule has 0 saturated heterocycles. The number of aryl methyl sites for hydroxylation is 2. The Labute approximate surface area is 196 Å². The average Bonchev–Trinajstić information content (AvgIpc) is 3.37. The fourth-order valence-corrected chi connectivity index (χ4v) is 4.93. The second-order valence-electron chi connectivity index (χ2n) is 8.76. The monoisotopic (exact) mass is 454 g/mol. The number of hydrogen-bond donors (Lipinski definition) is 2. The van der Waals surface area contributed by atoms with Crippen LogP contribution in [0.1, 0.15) is 47.8 Å². The number of rotatable bonds is 6. The Morgan fingerprint density at radius 1 is 1.03 bits per heavy atom. The van der Waals surface area contributed by atoms with Crippen molar-refractivity contribution in [2.24, 2.45) is 0 Å². The predicted molar refractivity (Wildman–Crippen MR) is 132 cm³/mol. The van der Waals surface area contributed by atoms with Crippen LogP contribution in [0.2, 0.25) is 0 Å². The lowest BCUT2D eigenvalue weighted by Crippen LogP contribution is -2.31. The van der Waals surface area contributed by atoms with Crippen molar-refractivity contribution in [1.29, 1.82) is 0 Å². The molecule has 2 atom stereocenters. The zero-order chi connectivity index (χ0) is 24.0. The van der Waals surface area contributed by atoms with Crippen molar-refractivity contribution >= 4 is 28.0 Å². The summed E-state index contributed by atoms with van der Waals surface area (Å²) in [5.74, 6) is -0.977. The van der Waals surface area contributed by atoms with Gasteiger partial charge in [0.15, 0.2) is 5.65 Å². The van der Waals surface area contributed by atoms with E-state index in [0.29, 0.717) is 11.2 Å². The van der Waals surface area contributed by atoms with Gasteiger partial charge in [-0.15, -0.1) is 0 Å². The van der Waals surface area contributed by atoms with Gasteiger partial charge in [0, 0.05) is 28.4 Å². The highest BCUT2D eigenvalue weighted by atomic mass is 16.4. The second kappa shape index (κ2) is 8.33. The summed E-state index contributed by atoms with van der Waals surface area (Å²) < 4.78 is 3.28. The van der Waals surface area contributed by atoms with Crippen molar-refractivity contribution in [1.82, 2.24) is 19.1 Å². The first-order valence-electron chi connectivity index (χ1n) is 11.3. The van der Waals surface area contributed by atoms with E-state index in [1.165, 1.54) is 0 Å². The zero-order valence-corrected chi connectivity index (χ0v) is 19.3. The first-order chi connectivity index (χ1) is 16.4. The molecule has 2 aromatic carbocycles. The number of imidazole rings is 1. The van der Waals surface area contributed by atoms with Crippen molar-refractivity contribution in [3.05, 3.63) is 99.7 Å². The molecule has 7 nitrogen and oxygen atoms in total. The van der Waals surface area contributed by atoms with E-state index in [2.05, 4.69) is 18.0 Å². The van der Waals surface area contributed by atoms with Gasteiger partial charge in [0.1, 0.15) is 0 Å². The highest BCUT2D eigenvalue weighted by molar-refractivity contribution is 5.87. The summed E-state index contributed by atoms with van der Waals surface area (Å²) in [6, 6.07) is 18.2. The molecule has 3 heterocycles. The summed E-state index contributed by atoms with van der Waals surface area (Å²) in [5, 5.41) is 10.8. The molecule has 0 aliphatic carbocycles. The number of pyridine rings is 1. The molecule has 0 spiro atoms. The van der Waals surface area contributed by atoms with Crippen LogP contribution >= 0.6 is 0 Å². The molecule has 0 aliphatic heterocycles. The Balaban J connectivity index is 1.78. The number of fused-ring (bicyclic) bond motifs is 2. The third-order valence-corrected chi connectivity index (χ3v) is 6.54. The maximum absolute atomic E-state index is 14.0. The Morgan fingerprint density at radius 3 is 2.53 bits per heavy atom. The van der Waals surface area contributed by atoms with Crippen LogP contribution in [0.3, 0.4) is 0 Å². The van der Waals surface area contributed by atoms with Crippen LogP contribution in [0.5, 0.6) is 0 Å². The minimum atomic E-state index is -0.977. The number of carboxylic acid groups (broad SMARTS) is 1. The lowest BCUT2D eigenvalue weighted by atomic mass is 10.0. The number of nitrogens with zero attached hydrogens (tertiary/aromatic N) is 3. The van der Waals surface area contributed by atoms with E-state index < -0.39 is 12.0 Å². The summed E-state index contributed by atoms with van der Waals surface area (Å²) in [6.45, 7) is 5.92. The summed E-state index contributed by atoms with van der Waals surface area (Å²) in [4.78, 5) is 33.9. The fourth-order valence-electron chi connectivity index (χ4n) is 4.93. The lowest BCUT2D eigenvalue weighted by molar-refractivity contribution is -0.137. The Kier molecular flexibility index (Phi) is 5.32. The summed E-state index contributed by atoms with van der Waals surface area (Å²) in [5.41, 5.74) is 5.55. The standard InChI is InChI=1S/C27H26N4O3/c1-16-8-7-11-21-25(16)20(15-28-21)18(3)30-22-13-12-17(2)29-26(22)31(27(30)34)23(14-24(32)33)19-9-5-4-6-10-19/h4-13,15,18,23,28H,14H2,1-3H3,(H,32,33). The maximum atomic E-state index is 14.0. The molecule has 0 aliphatic rings. The maximum Gasteiger partial charge on any atom is 0.331 e. The molecule has 2 unspecified atom stereocenters. The van der Waals surface area contributed by atoms with Gasteiger partial charge in [0.2, 0.25) is 0 Å². The van der Waals surface area contributed by atoms with Gasteiger partial charge in [-0.2, -0.15) is 0 Å². The second-order valence-corrected chi connectivity index (χ2v) is 8.76. The number of aromatic nitrogens is 4. The van der Waals surface area contributed by atoms with E-state index in [4.69, 9.17) is 4.98 Å². The van der Waals surface area contributed by atoms with E-state index in [1.807, 2.05) is 74.6 Å². The van der Waals surface area contributed by atoms with Crippen molar-refractivity contribution in [2.45, 2.75) is 39.3 Å². The average molecular weight is 455 g/mol. The number of aliphatic carboxylic acids is 1. The number of nitrogens with one attached hydrogen (secondary N) is 1. The van der Waals surface area contributed by atoms with Gasteiger partial charge >= 0.3 is 11.7 Å². The minimum absolute atomic E-state index is 0.223. The lowest BCUT2D eigenvalue weighted by Gasteiger charge is -2.17. The molecule has 0 bridgehead atoms. The summed E-state index contributed by atoms with van der Waals surface area (Å²) >= 11 is 0. The van der Waals surface area contributed by atoms with Crippen LogP contribution in [0.25, 0.3) is 22.1 Å². The van der Waals surface area contributed by atoms with Gasteiger partial charge in [-0.25, -0.2) is 9.78 Å². The molecule has 3 aromatic heterocycles. The SMILES string of the molecule is Cc1ccc2c(n1)n(C(CC(=O)O)c1ccccc1)c(=O)n2C(C)c1c[nH]c2cccc(C)c12. The third-order valence-electron chi connectivity index (χ3n) is 6.54. The zero-order valence-electron chi connectivity index (χ0n) is 19.3. The summed E-state index contributed by atoms with van der Waals surface area (Å²) in [7, 11) is 0. The van der Waals surface area contributed by atoms with Crippen molar-refractivity contribution in [3.8, 4) is 0 Å². The molecule has 0 saturated carbocycles. The largest absolute Gasteiger partial charge is 0.481 e. The van der Waals surface area contributed by atoms with Crippen molar-refractivity contribution in [3.63, 3.8) is 0 Å². The molecule has 172 valence electrons. The van der Waals surface area contributed by atoms with E-state index >= 15 is 0 Å². The number of hydrogen-bond acceptors (Lipinski definition) is 3. The van der Waals surface area contributed by atoms with Gasteiger partial charge < -0.3 is 10.1 Å². The normalized spacial score (nSPS) is 13.4. The first-order valence-corrected chi connectivity index (χ1v) is 11.3. The molecule has 7 heteroatoms.